The molecule has 1 aliphatic rings. The molecule has 0 amide bonds. The van der Waals surface area contributed by atoms with Crippen LogP contribution in [0.25, 0.3) is 0 Å². The molecule has 26 heavy (non-hydrogen) atoms. The predicted octanol–water partition coefficient (Wildman–Crippen LogP) is 4.03. The van der Waals surface area contributed by atoms with Crippen LogP contribution in [0.5, 0.6) is 17.2 Å². The van der Waals surface area contributed by atoms with Crippen LogP contribution in [-0.2, 0) is 0 Å². The fourth-order valence-corrected chi connectivity index (χ4v) is 2.55. The van der Waals surface area contributed by atoms with Gasteiger partial charge in [-0.25, -0.2) is 4.99 Å². The molecule has 140 valence electrons. The molecular formula is C18H21BrIN3O3. The monoisotopic (exact) mass is 533 g/mol. The van der Waals surface area contributed by atoms with Crippen molar-refractivity contribution >= 4 is 51.6 Å². The van der Waals surface area contributed by atoms with Gasteiger partial charge in [-0.05, 0) is 36.4 Å². The highest BCUT2D eigenvalue weighted by molar-refractivity contribution is 14.0. The highest BCUT2D eigenvalue weighted by Crippen LogP contribution is 2.32. The highest BCUT2D eigenvalue weighted by Gasteiger charge is 2.10. The molecule has 0 unspecified atom stereocenters. The SMILES string of the molecule is I.NC(=NCCOc1ccc(Br)cc1)Nc1ccc2c(c1)OCCCO2. The first-order chi connectivity index (χ1) is 12.2. The first-order valence-electron chi connectivity index (χ1n) is 8.06. The van der Waals surface area contributed by atoms with Crippen molar-refractivity contribution in [3.8, 4) is 17.2 Å². The van der Waals surface area contributed by atoms with Crippen LogP contribution in [0, 0.1) is 0 Å². The van der Waals surface area contributed by atoms with Gasteiger partial charge in [0.25, 0.3) is 0 Å². The summed E-state index contributed by atoms with van der Waals surface area (Å²) in [5, 5.41) is 3.05. The molecule has 0 aromatic heterocycles. The van der Waals surface area contributed by atoms with Crippen LogP contribution in [0.1, 0.15) is 6.42 Å². The van der Waals surface area contributed by atoms with Crippen LogP contribution < -0.4 is 25.3 Å². The van der Waals surface area contributed by atoms with Crippen molar-refractivity contribution in [2.45, 2.75) is 6.42 Å². The lowest BCUT2D eigenvalue weighted by atomic mass is 10.3. The maximum atomic E-state index is 5.92. The molecule has 0 aliphatic carbocycles. The quantitative estimate of drug-likeness (QED) is 0.262. The van der Waals surface area contributed by atoms with Gasteiger partial charge in [0, 0.05) is 22.6 Å². The van der Waals surface area contributed by atoms with Gasteiger partial charge in [0.2, 0.25) is 0 Å². The maximum Gasteiger partial charge on any atom is 0.193 e. The number of rotatable bonds is 5. The van der Waals surface area contributed by atoms with Gasteiger partial charge < -0.3 is 25.3 Å². The van der Waals surface area contributed by atoms with E-state index in [4.69, 9.17) is 19.9 Å². The van der Waals surface area contributed by atoms with E-state index in [1.807, 2.05) is 42.5 Å². The van der Waals surface area contributed by atoms with Crippen molar-refractivity contribution in [2.75, 3.05) is 31.7 Å². The number of nitrogens with two attached hydrogens (primary N) is 1. The van der Waals surface area contributed by atoms with Crippen molar-refractivity contribution in [1.82, 2.24) is 0 Å². The standard InChI is InChI=1S/C18H20BrN3O3.HI/c19-13-2-5-15(6-3-13)23-11-8-21-18(20)22-14-4-7-16-17(12-14)25-10-1-9-24-16;/h2-7,12H,1,8-11H2,(H3,20,21,22);1H. The summed E-state index contributed by atoms with van der Waals surface area (Å²) in [6.07, 6.45) is 0.874. The minimum atomic E-state index is 0. The zero-order valence-electron chi connectivity index (χ0n) is 14.1. The fourth-order valence-electron chi connectivity index (χ4n) is 2.29. The first-order valence-corrected chi connectivity index (χ1v) is 8.85. The summed E-state index contributed by atoms with van der Waals surface area (Å²) in [6, 6.07) is 13.3. The lowest BCUT2D eigenvalue weighted by molar-refractivity contribution is 0.297. The summed E-state index contributed by atoms with van der Waals surface area (Å²) in [4.78, 5) is 4.26. The van der Waals surface area contributed by atoms with Crippen LogP contribution in [-0.4, -0.2) is 32.3 Å². The van der Waals surface area contributed by atoms with Gasteiger partial charge in [-0.1, -0.05) is 15.9 Å². The second-order valence-corrected chi connectivity index (χ2v) is 6.32. The molecule has 0 atom stereocenters. The summed E-state index contributed by atoms with van der Waals surface area (Å²) >= 11 is 3.39. The summed E-state index contributed by atoms with van der Waals surface area (Å²) < 4.78 is 17.9. The average molecular weight is 534 g/mol. The highest BCUT2D eigenvalue weighted by atomic mass is 127. The van der Waals surface area contributed by atoms with E-state index >= 15 is 0 Å². The number of nitrogens with one attached hydrogen (secondary N) is 1. The zero-order chi connectivity index (χ0) is 17.5. The molecule has 3 rings (SSSR count). The largest absolute Gasteiger partial charge is 0.492 e. The predicted molar refractivity (Wildman–Crippen MR) is 117 cm³/mol. The lowest BCUT2D eigenvalue weighted by Crippen LogP contribution is -2.23. The third-order valence-corrected chi connectivity index (χ3v) is 4.00. The zero-order valence-corrected chi connectivity index (χ0v) is 18.0. The third kappa shape index (κ3) is 6.24. The number of aliphatic imine (C=N–C) groups is 1. The Hall–Kier alpha value is -1.68. The van der Waals surface area contributed by atoms with Gasteiger partial charge in [-0.2, -0.15) is 0 Å². The van der Waals surface area contributed by atoms with Crippen molar-refractivity contribution in [1.29, 1.82) is 0 Å². The van der Waals surface area contributed by atoms with Crippen LogP contribution >= 0.6 is 39.9 Å². The summed E-state index contributed by atoms with van der Waals surface area (Å²) in [7, 11) is 0. The maximum absolute atomic E-state index is 5.92. The van der Waals surface area contributed by atoms with E-state index in [-0.39, 0.29) is 24.0 Å². The molecule has 0 spiro atoms. The summed E-state index contributed by atoms with van der Waals surface area (Å²) in [5.74, 6) is 2.59. The molecule has 8 heteroatoms. The molecule has 1 heterocycles. The summed E-state index contributed by atoms with van der Waals surface area (Å²) in [6.45, 7) is 2.22. The average Bonchev–Trinajstić information content (AvgIpc) is 2.85. The lowest BCUT2D eigenvalue weighted by Gasteiger charge is -2.11. The van der Waals surface area contributed by atoms with E-state index in [1.54, 1.807) is 0 Å². The first kappa shape index (κ1) is 20.6. The Bertz CT molecular complexity index is 741. The van der Waals surface area contributed by atoms with Crippen molar-refractivity contribution in [2.24, 2.45) is 10.7 Å². The van der Waals surface area contributed by atoms with Gasteiger partial charge in [0.1, 0.15) is 12.4 Å². The van der Waals surface area contributed by atoms with E-state index in [1.165, 1.54) is 0 Å². The molecule has 0 saturated heterocycles. The molecule has 0 fully saturated rings. The molecule has 0 saturated carbocycles. The number of hydrogen-bond acceptors (Lipinski definition) is 4. The molecule has 2 aromatic rings. The van der Waals surface area contributed by atoms with Crippen molar-refractivity contribution in [3.05, 3.63) is 46.9 Å². The number of ether oxygens (including phenoxy) is 3. The Balaban J connectivity index is 0.00000243. The second-order valence-electron chi connectivity index (χ2n) is 5.41. The Morgan fingerprint density at radius 1 is 1.12 bits per heavy atom. The van der Waals surface area contributed by atoms with E-state index in [0.29, 0.717) is 38.1 Å². The van der Waals surface area contributed by atoms with Gasteiger partial charge >= 0.3 is 0 Å². The summed E-state index contributed by atoms with van der Waals surface area (Å²) in [5.41, 5.74) is 6.72. The Morgan fingerprint density at radius 3 is 2.62 bits per heavy atom. The van der Waals surface area contributed by atoms with Crippen molar-refractivity contribution < 1.29 is 14.2 Å². The number of nitrogens with zero attached hydrogens (tertiary/aromatic N) is 1. The smallest absolute Gasteiger partial charge is 0.193 e. The number of anilines is 1. The number of benzene rings is 2. The minimum absolute atomic E-state index is 0. The number of hydrogen-bond donors (Lipinski definition) is 2. The van der Waals surface area contributed by atoms with Gasteiger partial charge in [0.15, 0.2) is 17.5 Å². The van der Waals surface area contributed by atoms with E-state index in [0.717, 1.165) is 28.1 Å². The topological polar surface area (TPSA) is 78.1 Å². The van der Waals surface area contributed by atoms with Crippen LogP contribution in [0.4, 0.5) is 5.69 Å². The normalized spacial score (nSPS) is 13.3. The van der Waals surface area contributed by atoms with Crippen molar-refractivity contribution in [3.63, 3.8) is 0 Å². The van der Waals surface area contributed by atoms with Crippen LogP contribution in [0.3, 0.4) is 0 Å². The fraction of sp³-hybridized carbons (Fsp3) is 0.278. The minimum Gasteiger partial charge on any atom is -0.492 e. The molecule has 2 aromatic carbocycles. The molecular weight excluding hydrogens is 513 g/mol. The third-order valence-electron chi connectivity index (χ3n) is 3.48. The molecule has 6 nitrogen and oxygen atoms in total. The number of guanidine groups is 1. The molecule has 0 radical (unpaired) electrons. The van der Waals surface area contributed by atoms with Crippen LogP contribution in [0.15, 0.2) is 51.9 Å². The Morgan fingerprint density at radius 2 is 1.85 bits per heavy atom. The number of fused-ring (bicyclic) bond motifs is 1. The molecule has 3 N–H and O–H groups in total. The van der Waals surface area contributed by atoms with E-state index < -0.39 is 0 Å². The van der Waals surface area contributed by atoms with E-state index in [9.17, 15) is 0 Å². The Labute approximate surface area is 178 Å². The second kappa shape index (κ2) is 10.5. The van der Waals surface area contributed by atoms with Gasteiger partial charge in [0.05, 0.1) is 19.8 Å². The van der Waals surface area contributed by atoms with Gasteiger partial charge in [-0.3, -0.25) is 0 Å². The molecule has 0 bridgehead atoms. The Kier molecular flexibility index (Phi) is 8.30. The molecule has 1 aliphatic heterocycles. The number of halogens is 2. The van der Waals surface area contributed by atoms with Gasteiger partial charge in [-0.15, -0.1) is 24.0 Å². The van der Waals surface area contributed by atoms with Crippen LogP contribution in [0.2, 0.25) is 0 Å². The van der Waals surface area contributed by atoms with E-state index in [2.05, 4.69) is 26.2 Å².